The Morgan fingerprint density at radius 3 is 2.78 bits per heavy atom. The maximum absolute atomic E-state index is 13.1. The Hall–Kier alpha value is -2.21. The SMILES string of the molecule is CC(=O)N1CCC[C@H]1C(=O)N(Cc1nccs1)c1ccccc1. The third-order valence-corrected chi connectivity index (χ3v) is 4.82. The van der Waals surface area contributed by atoms with E-state index in [1.807, 2.05) is 35.7 Å². The van der Waals surface area contributed by atoms with Crippen LogP contribution >= 0.6 is 11.3 Å². The van der Waals surface area contributed by atoms with Crippen LogP contribution in [0.3, 0.4) is 0 Å². The second-order valence-corrected chi connectivity index (χ2v) is 6.54. The predicted molar refractivity (Wildman–Crippen MR) is 90.2 cm³/mol. The fourth-order valence-electron chi connectivity index (χ4n) is 2.95. The van der Waals surface area contributed by atoms with Crippen molar-refractivity contribution in [1.82, 2.24) is 9.88 Å². The van der Waals surface area contributed by atoms with E-state index in [4.69, 9.17) is 0 Å². The van der Waals surface area contributed by atoms with Crippen molar-refractivity contribution in [3.05, 3.63) is 46.9 Å². The van der Waals surface area contributed by atoms with Gasteiger partial charge in [-0.3, -0.25) is 9.59 Å². The van der Waals surface area contributed by atoms with E-state index < -0.39 is 0 Å². The molecule has 0 radical (unpaired) electrons. The summed E-state index contributed by atoms with van der Waals surface area (Å²) in [6.07, 6.45) is 3.33. The monoisotopic (exact) mass is 329 g/mol. The van der Waals surface area contributed by atoms with Gasteiger partial charge in [0.15, 0.2) is 0 Å². The first-order valence-corrected chi connectivity index (χ1v) is 8.57. The smallest absolute Gasteiger partial charge is 0.250 e. The quantitative estimate of drug-likeness (QED) is 0.866. The number of rotatable bonds is 4. The van der Waals surface area contributed by atoms with Crippen molar-refractivity contribution in [2.75, 3.05) is 11.4 Å². The van der Waals surface area contributed by atoms with Crippen molar-refractivity contribution >= 4 is 28.8 Å². The Morgan fingerprint density at radius 1 is 1.35 bits per heavy atom. The number of carbonyl (C=O) groups is 2. The third kappa shape index (κ3) is 3.42. The molecule has 2 aromatic rings. The van der Waals surface area contributed by atoms with Gasteiger partial charge in [0, 0.05) is 30.7 Å². The van der Waals surface area contributed by atoms with Crippen LogP contribution in [0.15, 0.2) is 41.9 Å². The maximum atomic E-state index is 13.1. The van der Waals surface area contributed by atoms with Crippen LogP contribution in [0.4, 0.5) is 5.69 Å². The molecule has 1 aliphatic rings. The Balaban J connectivity index is 1.88. The minimum absolute atomic E-state index is 0.0286. The summed E-state index contributed by atoms with van der Waals surface area (Å²) < 4.78 is 0. The molecule has 1 aromatic carbocycles. The Morgan fingerprint density at radius 2 is 2.13 bits per heavy atom. The minimum Gasteiger partial charge on any atom is -0.331 e. The Kier molecular flexibility index (Phi) is 4.71. The van der Waals surface area contributed by atoms with E-state index in [1.165, 1.54) is 18.3 Å². The molecule has 1 atom stereocenters. The summed E-state index contributed by atoms with van der Waals surface area (Å²) in [7, 11) is 0. The number of carbonyl (C=O) groups excluding carboxylic acids is 2. The van der Waals surface area contributed by atoms with Gasteiger partial charge in [-0.15, -0.1) is 11.3 Å². The molecule has 3 rings (SSSR count). The van der Waals surface area contributed by atoms with Crippen LogP contribution in [0, 0.1) is 0 Å². The summed E-state index contributed by atoms with van der Waals surface area (Å²) in [6, 6.07) is 9.21. The van der Waals surface area contributed by atoms with E-state index in [9.17, 15) is 9.59 Å². The molecule has 5 nitrogen and oxygen atoms in total. The summed E-state index contributed by atoms with van der Waals surface area (Å²) in [4.78, 5) is 32.6. The van der Waals surface area contributed by atoms with Crippen LogP contribution < -0.4 is 4.90 Å². The molecule has 1 fully saturated rings. The van der Waals surface area contributed by atoms with Crippen molar-refractivity contribution in [1.29, 1.82) is 0 Å². The zero-order valence-corrected chi connectivity index (χ0v) is 13.8. The largest absolute Gasteiger partial charge is 0.331 e. The molecule has 120 valence electrons. The number of hydrogen-bond donors (Lipinski definition) is 0. The number of benzene rings is 1. The van der Waals surface area contributed by atoms with Gasteiger partial charge in [-0.2, -0.15) is 0 Å². The highest BCUT2D eigenvalue weighted by molar-refractivity contribution is 7.09. The molecule has 0 N–H and O–H groups in total. The van der Waals surface area contributed by atoms with Gasteiger partial charge in [-0.05, 0) is 25.0 Å². The molecule has 0 spiro atoms. The molecule has 0 bridgehead atoms. The number of anilines is 1. The van der Waals surface area contributed by atoms with Gasteiger partial charge < -0.3 is 9.80 Å². The van der Waals surface area contributed by atoms with Crippen LogP contribution in [-0.2, 0) is 16.1 Å². The van der Waals surface area contributed by atoms with E-state index >= 15 is 0 Å². The van der Waals surface area contributed by atoms with Crippen molar-refractivity contribution in [3.63, 3.8) is 0 Å². The molecule has 1 aliphatic heterocycles. The van der Waals surface area contributed by atoms with Crippen LogP contribution in [0.2, 0.25) is 0 Å². The summed E-state index contributed by atoms with van der Waals surface area (Å²) in [5.74, 6) is -0.0674. The lowest BCUT2D eigenvalue weighted by molar-refractivity contribution is -0.135. The van der Waals surface area contributed by atoms with E-state index in [1.54, 1.807) is 16.0 Å². The van der Waals surface area contributed by atoms with E-state index in [2.05, 4.69) is 4.98 Å². The number of likely N-dealkylation sites (tertiary alicyclic amines) is 1. The highest BCUT2D eigenvalue weighted by atomic mass is 32.1. The lowest BCUT2D eigenvalue weighted by atomic mass is 10.1. The minimum atomic E-state index is -0.368. The van der Waals surface area contributed by atoms with Crippen molar-refractivity contribution in [2.45, 2.75) is 32.4 Å². The Bertz CT molecular complexity index is 672. The molecule has 0 saturated carbocycles. The number of amides is 2. The summed E-state index contributed by atoms with van der Waals surface area (Å²) in [5.41, 5.74) is 0.836. The van der Waals surface area contributed by atoms with E-state index in [0.29, 0.717) is 13.1 Å². The van der Waals surface area contributed by atoms with Gasteiger partial charge in [0.05, 0.1) is 6.54 Å². The van der Waals surface area contributed by atoms with Crippen LogP contribution in [0.1, 0.15) is 24.8 Å². The van der Waals surface area contributed by atoms with Gasteiger partial charge in [0.25, 0.3) is 0 Å². The van der Waals surface area contributed by atoms with E-state index in [0.717, 1.165) is 23.5 Å². The summed E-state index contributed by atoms with van der Waals surface area (Å²) in [5, 5.41) is 2.79. The summed E-state index contributed by atoms with van der Waals surface area (Å²) >= 11 is 1.53. The molecule has 1 aromatic heterocycles. The molecular weight excluding hydrogens is 310 g/mol. The normalized spacial score (nSPS) is 17.3. The van der Waals surface area contributed by atoms with E-state index in [-0.39, 0.29) is 17.9 Å². The average Bonchev–Trinajstić information content (AvgIpc) is 3.24. The number of thiazole rings is 1. The Labute approximate surface area is 139 Å². The zero-order chi connectivity index (χ0) is 16.2. The first-order chi connectivity index (χ1) is 11.2. The first-order valence-electron chi connectivity index (χ1n) is 7.69. The lowest BCUT2D eigenvalue weighted by Crippen LogP contribution is -2.47. The standard InChI is InChI=1S/C17H19N3O2S/c1-13(21)19-10-5-8-15(19)17(22)20(12-16-18-9-11-23-16)14-6-3-2-4-7-14/h2-4,6-7,9,11,15H,5,8,10,12H2,1H3/t15-/m0/s1. The molecule has 0 aliphatic carbocycles. The van der Waals surface area contributed by atoms with Gasteiger partial charge in [-0.25, -0.2) is 4.98 Å². The molecule has 1 saturated heterocycles. The topological polar surface area (TPSA) is 53.5 Å². The fraction of sp³-hybridized carbons (Fsp3) is 0.353. The molecule has 6 heteroatoms. The molecular formula is C17H19N3O2S. The van der Waals surface area contributed by atoms with Crippen LogP contribution in [0.5, 0.6) is 0 Å². The third-order valence-electron chi connectivity index (χ3n) is 4.05. The van der Waals surface area contributed by atoms with Crippen molar-refractivity contribution in [2.24, 2.45) is 0 Å². The lowest BCUT2D eigenvalue weighted by Gasteiger charge is -2.29. The van der Waals surface area contributed by atoms with Crippen LogP contribution in [-0.4, -0.2) is 34.3 Å². The first kappa shape index (κ1) is 15.7. The second-order valence-electron chi connectivity index (χ2n) is 5.56. The molecule has 0 unspecified atom stereocenters. The van der Waals surface area contributed by atoms with Gasteiger partial charge in [0.2, 0.25) is 11.8 Å². The number of nitrogens with zero attached hydrogens (tertiary/aromatic N) is 3. The van der Waals surface area contributed by atoms with Crippen LogP contribution in [0.25, 0.3) is 0 Å². The molecule has 2 heterocycles. The number of para-hydroxylation sites is 1. The van der Waals surface area contributed by atoms with Gasteiger partial charge in [-0.1, -0.05) is 18.2 Å². The highest BCUT2D eigenvalue weighted by Crippen LogP contribution is 2.25. The number of aromatic nitrogens is 1. The summed E-state index contributed by atoms with van der Waals surface area (Å²) in [6.45, 7) is 2.62. The molecule has 23 heavy (non-hydrogen) atoms. The van der Waals surface area contributed by atoms with Crippen molar-refractivity contribution < 1.29 is 9.59 Å². The maximum Gasteiger partial charge on any atom is 0.250 e. The molecule has 2 amide bonds. The number of hydrogen-bond acceptors (Lipinski definition) is 4. The van der Waals surface area contributed by atoms with Gasteiger partial charge in [0.1, 0.15) is 11.0 Å². The van der Waals surface area contributed by atoms with Gasteiger partial charge >= 0.3 is 0 Å². The highest BCUT2D eigenvalue weighted by Gasteiger charge is 2.35. The van der Waals surface area contributed by atoms with Crippen molar-refractivity contribution in [3.8, 4) is 0 Å². The fourth-order valence-corrected chi connectivity index (χ4v) is 3.56. The predicted octanol–water partition coefficient (Wildman–Crippen LogP) is 2.69. The zero-order valence-electron chi connectivity index (χ0n) is 13.0. The second kappa shape index (κ2) is 6.91. The average molecular weight is 329 g/mol.